The number of nitrogens with zero attached hydrogens (tertiary/aromatic N) is 5. The van der Waals surface area contributed by atoms with Gasteiger partial charge in [-0.3, -0.25) is 0 Å². The minimum absolute atomic E-state index is 0.946. The van der Waals surface area contributed by atoms with Crippen molar-refractivity contribution in [1.29, 1.82) is 0 Å². The Morgan fingerprint density at radius 2 is 0.432 bits per heavy atom. The van der Waals surface area contributed by atoms with Gasteiger partial charge >= 0.3 is 0 Å². The molecule has 0 bridgehead atoms. The number of benzene rings is 17. The molecule has 0 saturated heterocycles. The Kier molecular flexibility index (Phi) is 22.8. The van der Waals surface area contributed by atoms with Gasteiger partial charge in [-0.2, -0.15) is 0 Å². The summed E-state index contributed by atoms with van der Waals surface area (Å²) in [6, 6.07) is 149. The number of para-hydroxylation sites is 3. The fourth-order valence-corrected chi connectivity index (χ4v) is 17.9. The van der Waals surface area contributed by atoms with Gasteiger partial charge in [0.1, 0.15) is 0 Å². The summed E-state index contributed by atoms with van der Waals surface area (Å²) in [4.78, 5) is 4.67. The Labute approximate surface area is 733 Å². The first-order chi connectivity index (χ1) is 61.6. The first-order valence-corrected chi connectivity index (χ1v) is 43.6. The van der Waals surface area contributed by atoms with E-state index in [0.29, 0.717) is 0 Å². The molecule has 0 aliphatic heterocycles. The first-order valence-electron chi connectivity index (χ1n) is 43.6. The van der Waals surface area contributed by atoms with Gasteiger partial charge in [-0.15, -0.1) is 0 Å². The molecule has 0 N–H and O–H groups in total. The molecule has 3 aromatic heterocycles. The van der Waals surface area contributed by atoms with E-state index >= 15 is 0 Å². The second-order valence-corrected chi connectivity index (χ2v) is 32.2. The van der Waals surface area contributed by atoms with Gasteiger partial charge < -0.3 is 23.5 Å². The maximum atomic E-state index is 2.41. The van der Waals surface area contributed by atoms with Gasteiger partial charge in [0.15, 0.2) is 0 Å². The molecule has 3 heterocycles. The van der Waals surface area contributed by atoms with Crippen LogP contribution in [0, 0.1) is 13.8 Å². The van der Waals surface area contributed by atoms with Gasteiger partial charge in [-0.05, 0) is 281 Å². The van der Waals surface area contributed by atoms with Gasteiger partial charge in [0, 0.05) is 119 Å². The van der Waals surface area contributed by atoms with Gasteiger partial charge in [0.05, 0.1) is 0 Å². The van der Waals surface area contributed by atoms with E-state index in [2.05, 4.69) is 519 Å². The van der Waals surface area contributed by atoms with E-state index in [9.17, 15) is 0 Å². The molecule has 0 aliphatic carbocycles. The van der Waals surface area contributed by atoms with Crippen molar-refractivity contribution in [3.05, 3.63) is 490 Å². The molecule has 20 aromatic rings. The summed E-state index contributed by atoms with van der Waals surface area (Å²) in [6.45, 7) is 13.8. The van der Waals surface area contributed by atoms with Crippen LogP contribution >= 0.6 is 0 Å². The summed E-state index contributed by atoms with van der Waals surface area (Å²) >= 11 is 0. The molecule has 5 heteroatoms. The fraction of sp³-hybridized carbons (Fsp3) is 0.0667. The van der Waals surface area contributed by atoms with Gasteiger partial charge in [0.2, 0.25) is 0 Å². The zero-order valence-corrected chi connectivity index (χ0v) is 71.2. The predicted octanol–water partition coefficient (Wildman–Crippen LogP) is 32.7. The Balaban J connectivity index is 0.000000166. The maximum Gasteiger partial charge on any atom is 0.0491 e. The van der Waals surface area contributed by atoms with Crippen LogP contribution in [0.5, 0.6) is 0 Å². The minimum Gasteiger partial charge on any atom is -0.341 e. The zero-order chi connectivity index (χ0) is 84.5. The second-order valence-electron chi connectivity index (χ2n) is 32.2. The third-order valence-electron chi connectivity index (χ3n) is 24.2. The van der Waals surface area contributed by atoms with Gasteiger partial charge in [0.25, 0.3) is 0 Å². The quantitative estimate of drug-likeness (QED) is 0.0631. The molecule has 0 saturated carbocycles. The average molecular weight is 1610 g/mol. The minimum atomic E-state index is 0.946. The van der Waals surface area contributed by atoms with Crippen molar-refractivity contribution in [2.24, 2.45) is 0 Å². The molecule has 0 aliphatic rings. The SMILES string of the molecule is CCn1c2ccccc2c2cc(C=Cc3cc(C=Cc4ccc5c(c4)c4ccccc4n5CC)cc(C=Cc4ccc5c(c4)c4ccccc4n5CC)c3)ccc21.Cc1ccc(N(c2ccc(C=C(c3ccccc3)c3ccccc3)cc2)c2ccc(-c3ccc(N(c4ccc(C)cc4)c4ccc(C=C(c5ccccc5)c5ccccc5)cc4)cc3)cc2)cc1. The zero-order valence-electron chi connectivity index (χ0n) is 71.2. The molecule has 0 amide bonds. The number of fused-ring (bicyclic) bond motifs is 9. The first kappa shape index (κ1) is 79.2. The normalized spacial score (nSPS) is 11.6. The number of hydrogen-bond donors (Lipinski definition) is 0. The second kappa shape index (κ2) is 36.0. The van der Waals surface area contributed by atoms with Gasteiger partial charge in [-0.25, -0.2) is 0 Å². The topological polar surface area (TPSA) is 21.3 Å². The number of anilines is 6. The summed E-state index contributed by atoms with van der Waals surface area (Å²) in [5.41, 5.74) is 35.6. The third-order valence-corrected chi connectivity index (χ3v) is 24.2. The Hall–Kier alpha value is -15.6. The van der Waals surface area contributed by atoms with Gasteiger partial charge in [-0.1, -0.05) is 315 Å². The molecule has 602 valence electrons. The molecule has 0 atom stereocenters. The van der Waals surface area contributed by atoms with Crippen LogP contribution in [0.2, 0.25) is 0 Å². The Morgan fingerprint density at radius 1 is 0.208 bits per heavy atom. The number of aryl methyl sites for hydroxylation is 5. The van der Waals surface area contributed by atoms with E-state index in [1.807, 2.05) is 0 Å². The van der Waals surface area contributed by atoms with Crippen LogP contribution in [0.15, 0.2) is 413 Å². The lowest BCUT2D eigenvalue weighted by Crippen LogP contribution is -2.10. The monoisotopic (exact) mass is 1610 g/mol. The standard InChI is InChI=1S/C66H52N2.C54H45N3/c1-49-23-35-59(36-24-49)67(61-39-27-51(28-40-61)47-65(55-15-7-3-8-16-55)56-17-9-4-10-18-56)63-43-31-53(32-44-63)54-33-45-64(46-34-54)68(60-37-25-50(2)26-38-60)62-41-29-52(30-42-62)48-66(57-19-11-5-12-20-57)58-21-13-6-14-22-58;1-4-55-49-16-10-7-13-43(49)46-34-37(25-28-52(46)55)19-22-40-31-41(23-20-38-26-29-53-47(35-38)44-14-8-11-17-50(44)56(53)5-2)33-42(32-40)24-21-39-27-30-54-48(36-39)45-15-9-12-18-51(45)57(54)6-3/h3-48H,1-2H3;7-36H,4-6H2,1-3H3. The van der Waals surface area contributed by atoms with Crippen molar-refractivity contribution >= 4 is 159 Å². The van der Waals surface area contributed by atoms with E-state index in [0.717, 1.165) is 92.7 Å². The third kappa shape index (κ3) is 16.9. The van der Waals surface area contributed by atoms with Crippen LogP contribution in [0.1, 0.15) is 98.7 Å². The van der Waals surface area contributed by atoms with E-state index in [1.54, 1.807) is 0 Å². The lowest BCUT2D eigenvalue weighted by molar-refractivity contribution is 0.827. The van der Waals surface area contributed by atoms with Crippen LogP contribution in [0.25, 0.3) is 136 Å². The summed E-state index contributed by atoms with van der Waals surface area (Å²) in [5.74, 6) is 0. The van der Waals surface area contributed by atoms with Crippen LogP contribution < -0.4 is 9.80 Å². The number of hydrogen-bond acceptors (Lipinski definition) is 2. The van der Waals surface area contributed by atoms with Crippen molar-refractivity contribution in [3.8, 4) is 11.1 Å². The van der Waals surface area contributed by atoms with Crippen LogP contribution in [-0.2, 0) is 19.6 Å². The van der Waals surface area contributed by atoms with E-state index in [1.165, 1.54) is 127 Å². The molecule has 125 heavy (non-hydrogen) atoms. The lowest BCUT2D eigenvalue weighted by atomic mass is 9.95. The predicted molar refractivity (Wildman–Crippen MR) is 539 cm³/mol. The maximum absolute atomic E-state index is 2.41. The molecule has 0 fully saturated rings. The average Bonchev–Trinajstić information content (AvgIpc) is 1.62. The molecular formula is C120H97N5. The van der Waals surface area contributed by atoms with Crippen molar-refractivity contribution in [2.45, 2.75) is 54.3 Å². The van der Waals surface area contributed by atoms with E-state index in [4.69, 9.17) is 0 Å². The summed E-state index contributed by atoms with van der Waals surface area (Å²) in [7, 11) is 0. The Morgan fingerprint density at radius 3 is 0.704 bits per heavy atom. The lowest BCUT2D eigenvalue weighted by Gasteiger charge is -2.26. The van der Waals surface area contributed by atoms with Crippen molar-refractivity contribution < 1.29 is 0 Å². The molecule has 0 unspecified atom stereocenters. The van der Waals surface area contributed by atoms with Crippen molar-refractivity contribution in [2.75, 3.05) is 9.80 Å². The highest BCUT2D eigenvalue weighted by atomic mass is 15.1. The van der Waals surface area contributed by atoms with Crippen LogP contribution in [-0.4, -0.2) is 13.7 Å². The van der Waals surface area contributed by atoms with E-state index in [-0.39, 0.29) is 0 Å². The molecule has 0 radical (unpaired) electrons. The smallest absolute Gasteiger partial charge is 0.0491 e. The summed E-state index contributed by atoms with van der Waals surface area (Å²) < 4.78 is 7.23. The molecule has 0 spiro atoms. The number of aromatic nitrogens is 3. The molecular weight excluding hydrogens is 1510 g/mol. The summed E-state index contributed by atoms with van der Waals surface area (Å²) in [6.07, 6.45) is 18.1. The molecule has 17 aromatic carbocycles. The number of rotatable bonds is 22. The van der Waals surface area contributed by atoms with Crippen molar-refractivity contribution in [1.82, 2.24) is 13.7 Å². The van der Waals surface area contributed by atoms with Crippen LogP contribution in [0.3, 0.4) is 0 Å². The van der Waals surface area contributed by atoms with Crippen molar-refractivity contribution in [3.63, 3.8) is 0 Å². The highest BCUT2D eigenvalue weighted by Gasteiger charge is 2.19. The molecule has 5 nitrogen and oxygen atoms in total. The summed E-state index contributed by atoms with van der Waals surface area (Å²) in [5, 5.41) is 7.81. The Bertz CT molecular complexity index is 6720. The largest absolute Gasteiger partial charge is 0.341 e. The highest BCUT2D eigenvalue weighted by Crippen LogP contribution is 2.42. The van der Waals surface area contributed by atoms with E-state index < -0.39 is 0 Å². The fourth-order valence-electron chi connectivity index (χ4n) is 17.9. The van der Waals surface area contributed by atoms with Crippen LogP contribution in [0.4, 0.5) is 34.1 Å². The molecule has 20 rings (SSSR count). The highest BCUT2D eigenvalue weighted by molar-refractivity contribution is 6.11.